The summed E-state index contributed by atoms with van der Waals surface area (Å²) in [5, 5.41) is 12.0. The van der Waals surface area contributed by atoms with Crippen LogP contribution in [0.25, 0.3) is 5.69 Å². The van der Waals surface area contributed by atoms with Gasteiger partial charge >= 0.3 is 0 Å². The summed E-state index contributed by atoms with van der Waals surface area (Å²) < 4.78 is 16.0. The van der Waals surface area contributed by atoms with E-state index in [1.807, 2.05) is 25.1 Å². The highest BCUT2D eigenvalue weighted by molar-refractivity contribution is 5.48. The topological polar surface area (TPSA) is 53.6 Å². The van der Waals surface area contributed by atoms with Crippen molar-refractivity contribution in [2.24, 2.45) is 0 Å². The van der Waals surface area contributed by atoms with Gasteiger partial charge in [0.15, 0.2) is 0 Å². The average Bonchev–Trinajstić information content (AvgIpc) is 2.99. The number of imidazole rings is 1. The summed E-state index contributed by atoms with van der Waals surface area (Å²) in [6, 6.07) is 14.4. The van der Waals surface area contributed by atoms with Crippen molar-refractivity contribution >= 4 is 5.69 Å². The zero-order valence-electron chi connectivity index (χ0n) is 12.6. The van der Waals surface area contributed by atoms with E-state index < -0.39 is 0 Å². The van der Waals surface area contributed by atoms with Gasteiger partial charge in [-0.15, -0.1) is 0 Å². The molecule has 0 radical (unpaired) electrons. The summed E-state index contributed by atoms with van der Waals surface area (Å²) in [4.78, 5) is 4.11. The third-order valence-corrected chi connectivity index (χ3v) is 3.61. The third kappa shape index (κ3) is 3.22. The van der Waals surface area contributed by atoms with Crippen molar-refractivity contribution in [3.05, 3.63) is 77.6 Å². The number of nitrogens with one attached hydrogen (secondary N) is 1. The van der Waals surface area contributed by atoms with Crippen molar-refractivity contribution in [2.75, 3.05) is 5.32 Å². The first-order valence-corrected chi connectivity index (χ1v) is 7.20. The monoisotopic (exact) mass is 306 g/mol. The summed E-state index contributed by atoms with van der Waals surface area (Å²) >= 11 is 0. The van der Waals surface area contributed by atoms with Crippen LogP contribution >= 0.6 is 0 Å². The van der Waals surface area contributed by atoms with E-state index in [0.29, 0.717) is 17.8 Å². The first-order chi connectivity index (χ1) is 11.2. The van der Waals surface area contributed by atoms with E-state index in [1.54, 1.807) is 35.2 Å². The first-order valence-electron chi connectivity index (χ1n) is 7.20. The Morgan fingerprint density at radius 3 is 2.61 bits per heavy atom. The molecule has 23 heavy (non-hydrogen) atoms. The Labute approximate surface area is 133 Å². The maximum absolute atomic E-state index is 14.3. The zero-order chi connectivity index (χ0) is 16.2. The Kier molecular flexibility index (Phi) is 4.07. The van der Waals surface area contributed by atoms with Gasteiger partial charge in [-0.05, 0) is 48.9 Å². The van der Waals surface area contributed by atoms with Gasteiger partial charge in [0.25, 0.3) is 0 Å². The second-order valence-electron chi connectivity index (χ2n) is 5.17. The van der Waals surface area contributed by atoms with Gasteiger partial charge in [-0.3, -0.25) is 0 Å². The number of aromatic nitrogens is 2. The van der Waals surface area contributed by atoms with Gasteiger partial charge in [0.05, 0.1) is 17.3 Å². The van der Waals surface area contributed by atoms with Crippen LogP contribution in [-0.2, 0) is 6.54 Å². The number of anilines is 1. The molecule has 5 heteroatoms. The largest absolute Gasteiger partial charge is 0.381 e. The summed E-state index contributed by atoms with van der Waals surface area (Å²) in [5.74, 6) is 0.456. The number of benzene rings is 2. The fourth-order valence-corrected chi connectivity index (χ4v) is 2.36. The molecule has 0 bridgehead atoms. The molecule has 4 nitrogen and oxygen atoms in total. The normalized spacial score (nSPS) is 10.3. The number of nitrogens with zero attached hydrogens (tertiary/aromatic N) is 3. The van der Waals surface area contributed by atoms with E-state index in [-0.39, 0.29) is 5.82 Å². The van der Waals surface area contributed by atoms with Crippen LogP contribution in [-0.4, -0.2) is 9.55 Å². The SMILES string of the molecule is Cc1nccn1-c1ccc(CNc2ccc(C#N)cc2)cc1F. The van der Waals surface area contributed by atoms with Gasteiger partial charge in [0.1, 0.15) is 11.6 Å². The van der Waals surface area contributed by atoms with Gasteiger partial charge in [0.2, 0.25) is 0 Å². The predicted octanol–water partition coefficient (Wildman–Crippen LogP) is 3.80. The molecule has 1 aromatic heterocycles. The minimum absolute atomic E-state index is 0.287. The molecule has 0 aliphatic heterocycles. The van der Waals surface area contributed by atoms with Crippen molar-refractivity contribution < 1.29 is 4.39 Å². The Morgan fingerprint density at radius 1 is 1.22 bits per heavy atom. The minimum atomic E-state index is -0.287. The fourth-order valence-electron chi connectivity index (χ4n) is 2.36. The average molecular weight is 306 g/mol. The van der Waals surface area contributed by atoms with E-state index in [4.69, 9.17) is 5.26 Å². The lowest BCUT2D eigenvalue weighted by Gasteiger charge is -2.10. The van der Waals surface area contributed by atoms with Crippen LogP contribution in [0.15, 0.2) is 54.9 Å². The smallest absolute Gasteiger partial charge is 0.147 e. The Balaban J connectivity index is 1.73. The number of hydrogen-bond acceptors (Lipinski definition) is 3. The van der Waals surface area contributed by atoms with Crippen molar-refractivity contribution in [3.63, 3.8) is 0 Å². The molecule has 3 aromatic rings. The molecular formula is C18H15FN4. The maximum Gasteiger partial charge on any atom is 0.147 e. The van der Waals surface area contributed by atoms with Gasteiger partial charge in [-0.25, -0.2) is 9.37 Å². The fraction of sp³-hybridized carbons (Fsp3) is 0.111. The molecule has 1 heterocycles. The van der Waals surface area contributed by atoms with Crippen molar-refractivity contribution in [1.82, 2.24) is 9.55 Å². The van der Waals surface area contributed by atoms with Crippen LogP contribution in [0.3, 0.4) is 0 Å². The summed E-state index contributed by atoms with van der Waals surface area (Å²) in [6.07, 6.45) is 3.39. The molecule has 0 fully saturated rings. The van der Waals surface area contributed by atoms with Gasteiger partial charge in [0, 0.05) is 24.6 Å². The Bertz CT molecular complexity index is 859. The van der Waals surface area contributed by atoms with Gasteiger partial charge in [-0.2, -0.15) is 5.26 Å². The molecule has 1 N–H and O–H groups in total. The van der Waals surface area contributed by atoms with E-state index in [2.05, 4.69) is 16.4 Å². The van der Waals surface area contributed by atoms with Crippen molar-refractivity contribution in [2.45, 2.75) is 13.5 Å². The summed E-state index contributed by atoms with van der Waals surface area (Å²) in [5.41, 5.74) is 2.83. The van der Waals surface area contributed by atoms with Crippen LogP contribution in [0.2, 0.25) is 0 Å². The van der Waals surface area contributed by atoms with Gasteiger partial charge < -0.3 is 9.88 Å². The van der Waals surface area contributed by atoms with E-state index in [1.165, 1.54) is 6.07 Å². The number of aryl methyl sites for hydroxylation is 1. The van der Waals surface area contributed by atoms with Crippen molar-refractivity contribution in [1.29, 1.82) is 5.26 Å². The van der Waals surface area contributed by atoms with Crippen LogP contribution in [0.4, 0.5) is 10.1 Å². The van der Waals surface area contributed by atoms with Crippen LogP contribution in [0.1, 0.15) is 17.0 Å². The predicted molar refractivity (Wildman–Crippen MR) is 86.7 cm³/mol. The molecule has 0 amide bonds. The van der Waals surface area contributed by atoms with E-state index >= 15 is 0 Å². The maximum atomic E-state index is 14.3. The molecule has 3 rings (SSSR count). The molecule has 0 unspecified atom stereocenters. The molecule has 0 saturated carbocycles. The molecule has 0 aliphatic rings. The third-order valence-electron chi connectivity index (χ3n) is 3.61. The molecule has 0 spiro atoms. The first kappa shape index (κ1) is 14.8. The van der Waals surface area contributed by atoms with Gasteiger partial charge in [-0.1, -0.05) is 6.07 Å². The number of halogens is 1. The number of hydrogen-bond donors (Lipinski definition) is 1. The molecule has 0 aliphatic carbocycles. The minimum Gasteiger partial charge on any atom is -0.381 e. The van der Waals surface area contributed by atoms with Crippen molar-refractivity contribution in [3.8, 4) is 11.8 Å². The zero-order valence-corrected chi connectivity index (χ0v) is 12.6. The second-order valence-corrected chi connectivity index (χ2v) is 5.17. The van der Waals surface area contributed by atoms with Crippen LogP contribution < -0.4 is 5.32 Å². The molecular weight excluding hydrogens is 291 g/mol. The molecule has 0 saturated heterocycles. The van der Waals surface area contributed by atoms with Crippen LogP contribution in [0.5, 0.6) is 0 Å². The molecule has 114 valence electrons. The highest BCUT2D eigenvalue weighted by Crippen LogP contribution is 2.18. The Hall–Kier alpha value is -3.13. The molecule has 0 atom stereocenters. The summed E-state index contributed by atoms with van der Waals surface area (Å²) in [7, 11) is 0. The Morgan fingerprint density at radius 2 is 2.00 bits per heavy atom. The highest BCUT2D eigenvalue weighted by atomic mass is 19.1. The standard InChI is InChI=1S/C18H15FN4/c1-13-21-8-9-23(13)18-7-4-15(10-17(18)19)12-22-16-5-2-14(11-20)3-6-16/h2-10,22H,12H2,1H3. The lowest BCUT2D eigenvalue weighted by atomic mass is 10.1. The lowest BCUT2D eigenvalue weighted by Crippen LogP contribution is -2.03. The second kappa shape index (κ2) is 6.32. The highest BCUT2D eigenvalue weighted by Gasteiger charge is 2.07. The number of nitriles is 1. The summed E-state index contributed by atoms with van der Waals surface area (Å²) in [6.45, 7) is 2.34. The van der Waals surface area contributed by atoms with E-state index in [0.717, 1.165) is 17.1 Å². The quantitative estimate of drug-likeness (QED) is 0.797. The lowest BCUT2D eigenvalue weighted by molar-refractivity contribution is 0.614. The number of rotatable bonds is 4. The van der Waals surface area contributed by atoms with Crippen LogP contribution in [0, 0.1) is 24.1 Å². The van der Waals surface area contributed by atoms with E-state index in [9.17, 15) is 4.39 Å². The molecule has 2 aromatic carbocycles.